The molecule has 1 aliphatic rings. The Hall–Kier alpha value is -4.71. The number of carbonyl (C=O) groups is 1. The molecule has 0 atom stereocenters. The van der Waals surface area contributed by atoms with E-state index < -0.39 is 10.5 Å². The van der Waals surface area contributed by atoms with Gasteiger partial charge in [-0.3, -0.25) is 4.79 Å². The summed E-state index contributed by atoms with van der Waals surface area (Å²) in [5.74, 6) is 1.40. The molecule has 1 saturated carbocycles. The third-order valence-corrected chi connectivity index (χ3v) is 6.08. The van der Waals surface area contributed by atoms with Gasteiger partial charge in [0.2, 0.25) is 0 Å². The number of aryl methyl sites for hydroxylation is 2. The van der Waals surface area contributed by atoms with E-state index in [0.717, 1.165) is 22.4 Å². The van der Waals surface area contributed by atoms with Crippen LogP contribution in [0.1, 0.15) is 45.8 Å². The summed E-state index contributed by atoms with van der Waals surface area (Å²) in [5.41, 5.74) is 6.00. The molecule has 1 amide bonds. The molecule has 4 heterocycles. The fourth-order valence-corrected chi connectivity index (χ4v) is 3.96. The number of carbonyl (C=O) groups excluding carboxylic acids is 1. The maximum atomic E-state index is 13.3. The first kappa shape index (κ1) is 25.0. The zero-order valence-electron chi connectivity index (χ0n) is 20.7. The molecule has 12 heteroatoms. The Morgan fingerprint density at radius 3 is 2.37 bits per heavy atom. The predicted molar refractivity (Wildman–Crippen MR) is 141 cm³/mol. The lowest BCUT2D eigenvalue weighted by Gasteiger charge is -2.08. The van der Waals surface area contributed by atoms with Crippen molar-refractivity contribution in [2.24, 2.45) is 0 Å². The highest BCUT2D eigenvalue weighted by Crippen LogP contribution is 2.39. The summed E-state index contributed by atoms with van der Waals surface area (Å²) in [6, 6.07) is 13.8. The fraction of sp³-hybridized carbons (Fsp3) is 0.192. The van der Waals surface area contributed by atoms with Gasteiger partial charge in [0.05, 0.1) is 11.9 Å². The van der Waals surface area contributed by atoms with E-state index in [1.165, 1.54) is 18.4 Å². The highest BCUT2D eigenvalue weighted by atomic mass is 32.2. The quantitative estimate of drug-likeness (QED) is 0.344. The number of rotatable bonds is 5. The lowest BCUT2D eigenvalue weighted by atomic mass is 10.1. The molecule has 38 heavy (non-hydrogen) atoms. The maximum Gasteiger partial charge on any atom is 0.308 e. The Morgan fingerprint density at radius 1 is 1.00 bits per heavy atom. The van der Waals surface area contributed by atoms with Crippen LogP contribution < -0.4 is 5.32 Å². The van der Waals surface area contributed by atoms with Gasteiger partial charge in [-0.25, -0.2) is 14.5 Å². The van der Waals surface area contributed by atoms with E-state index in [2.05, 4.69) is 20.4 Å². The second kappa shape index (κ2) is 10.3. The van der Waals surface area contributed by atoms with Gasteiger partial charge in [0, 0.05) is 30.2 Å². The summed E-state index contributed by atoms with van der Waals surface area (Å²) in [5, 5.41) is 12.1. The smallest absolute Gasteiger partial charge is 0.306 e. The molecule has 0 spiro atoms. The Labute approximate surface area is 219 Å². The number of amides is 1. The van der Waals surface area contributed by atoms with E-state index in [1.54, 1.807) is 21.6 Å². The number of nitrogens with zero attached hydrogens (tertiary/aromatic N) is 6. The Bertz CT molecular complexity index is 1730. The number of nitrogens with one attached hydrogen (secondary N) is 2. The van der Waals surface area contributed by atoms with Gasteiger partial charge < -0.3 is 5.32 Å². The molecule has 6 rings (SSSR count). The van der Waals surface area contributed by atoms with Gasteiger partial charge in [-0.15, -0.1) is 0 Å². The van der Waals surface area contributed by atoms with Crippen molar-refractivity contribution < 1.29 is 13.2 Å². The molecular formula is C26H24N8O3S. The summed E-state index contributed by atoms with van der Waals surface area (Å²) >= 11 is 0. The van der Waals surface area contributed by atoms with Crippen LogP contribution in [-0.2, 0) is 10.5 Å². The first-order valence-electron chi connectivity index (χ1n) is 11.8. The summed E-state index contributed by atoms with van der Waals surface area (Å²) in [4.78, 5) is 22.3. The molecule has 1 fully saturated rings. The van der Waals surface area contributed by atoms with Gasteiger partial charge in [0.15, 0.2) is 11.5 Å². The van der Waals surface area contributed by atoms with Crippen LogP contribution in [0, 0.1) is 18.6 Å². The Balaban J connectivity index is 0.000000689. The number of hydrogen-bond acceptors (Lipinski definition) is 8. The van der Waals surface area contributed by atoms with Crippen molar-refractivity contribution in [2.75, 3.05) is 5.32 Å². The van der Waals surface area contributed by atoms with Crippen LogP contribution in [0.5, 0.6) is 0 Å². The second-order valence-electron chi connectivity index (χ2n) is 9.06. The van der Waals surface area contributed by atoms with Gasteiger partial charge in [0.1, 0.15) is 11.4 Å². The summed E-state index contributed by atoms with van der Waals surface area (Å²) < 4.78 is 26.2. The average Bonchev–Trinajstić information content (AvgIpc) is 3.53. The van der Waals surface area contributed by atoms with Crippen molar-refractivity contribution in [3.8, 4) is 17.1 Å². The van der Waals surface area contributed by atoms with Crippen molar-refractivity contribution in [3.05, 3.63) is 89.5 Å². The number of fused-ring (bicyclic) bond motifs is 1. The molecule has 0 bridgehead atoms. The van der Waals surface area contributed by atoms with E-state index in [0.29, 0.717) is 28.8 Å². The van der Waals surface area contributed by atoms with Crippen LogP contribution >= 0.6 is 0 Å². The van der Waals surface area contributed by atoms with E-state index in [-0.39, 0.29) is 5.91 Å². The van der Waals surface area contributed by atoms with Crippen LogP contribution in [0.2, 0.25) is 0 Å². The standard InChI is InChI=1S/C26H23N7O.HNO2S/c1-16-3-6-19(7-4-16)22-11-24(33(31-22)23-10-5-17(2)12-27-23)30-26(34)21-14-29-32-15-20(18-8-9-18)13-28-25(21)32;1-4(2)3/h3-7,10-15,18H,8-9H2,1-2H3,(H,30,34);1H. The molecule has 1 aliphatic carbocycles. The molecule has 11 nitrogen and oxygen atoms in total. The molecule has 1 aromatic carbocycles. The fourth-order valence-electron chi connectivity index (χ4n) is 3.96. The van der Waals surface area contributed by atoms with Crippen molar-refractivity contribution in [1.82, 2.24) is 29.4 Å². The summed E-state index contributed by atoms with van der Waals surface area (Å²) in [6.45, 7) is 4.02. The second-order valence-corrected chi connectivity index (χ2v) is 9.53. The minimum atomic E-state index is -2.61. The zero-order valence-corrected chi connectivity index (χ0v) is 21.5. The molecule has 0 saturated heterocycles. The van der Waals surface area contributed by atoms with Crippen molar-refractivity contribution in [2.45, 2.75) is 32.6 Å². The van der Waals surface area contributed by atoms with Crippen molar-refractivity contribution in [1.29, 1.82) is 4.78 Å². The predicted octanol–water partition coefficient (Wildman–Crippen LogP) is 4.35. The number of pyridine rings is 1. The third-order valence-electron chi connectivity index (χ3n) is 6.08. The van der Waals surface area contributed by atoms with Crippen LogP contribution in [0.15, 0.2) is 67.3 Å². The van der Waals surface area contributed by atoms with Crippen LogP contribution in [0.3, 0.4) is 0 Å². The first-order valence-corrected chi connectivity index (χ1v) is 12.9. The molecule has 0 unspecified atom stereocenters. The first-order chi connectivity index (χ1) is 18.3. The lowest BCUT2D eigenvalue weighted by molar-refractivity contribution is 0.102. The van der Waals surface area contributed by atoms with Gasteiger partial charge in [-0.05, 0) is 49.8 Å². The number of anilines is 1. The minimum Gasteiger partial charge on any atom is -0.306 e. The van der Waals surface area contributed by atoms with E-state index >= 15 is 0 Å². The van der Waals surface area contributed by atoms with Crippen molar-refractivity contribution in [3.63, 3.8) is 0 Å². The largest absolute Gasteiger partial charge is 0.308 e. The lowest BCUT2D eigenvalue weighted by Crippen LogP contribution is -2.15. The van der Waals surface area contributed by atoms with Gasteiger partial charge in [-0.1, -0.05) is 35.9 Å². The zero-order chi connectivity index (χ0) is 26.8. The number of benzene rings is 1. The Morgan fingerprint density at radius 2 is 1.71 bits per heavy atom. The Kier molecular flexibility index (Phi) is 6.79. The highest BCUT2D eigenvalue weighted by Gasteiger charge is 2.25. The monoisotopic (exact) mass is 528 g/mol. The molecule has 192 valence electrons. The van der Waals surface area contributed by atoms with Gasteiger partial charge >= 0.3 is 10.5 Å². The minimum absolute atomic E-state index is 0.301. The molecule has 0 aliphatic heterocycles. The molecule has 4 aromatic heterocycles. The van der Waals surface area contributed by atoms with Gasteiger partial charge in [-0.2, -0.15) is 28.1 Å². The van der Waals surface area contributed by atoms with Gasteiger partial charge in [0.25, 0.3) is 5.91 Å². The SMILES string of the molecule is Cc1ccc(-c2cc(NC(=O)c3cnn4cc(C5CC5)cnc34)n(-c3ccc(C)cn3)n2)cc1.N=S(=O)=O. The van der Waals surface area contributed by atoms with E-state index in [4.69, 9.17) is 18.3 Å². The molecule has 2 N–H and O–H groups in total. The third kappa shape index (κ3) is 5.49. The number of aromatic nitrogens is 6. The van der Waals surface area contributed by atoms with Crippen molar-refractivity contribution >= 4 is 27.9 Å². The highest BCUT2D eigenvalue weighted by molar-refractivity contribution is 7.60. The maximum absolute atomic E-state index is 13.3. The normalized spacial score (nSPS) is 12.6. The van der Waals surface area contributed by atoms with Crippen LogP contribution in [-0.4, -0.2) is 43.7 Å². The summed E-state index contributed by atoms with van der Waals surface area (Å²) in [7, 11) is -2.61. The average molecular weight is 529 g/mol. The molecule has 5 aromatic rings. The number of hydrogen-bond donors (Lipinski definition) is 2. The van der Waals surface area contributed by atoms with E-state index in [9.17, 15) is 4.79 Å². The molecule has 0 radical (unpaired) electrons. The van der Waals surface area contributed by atoms with Crippen LogP contribution in [0.4, 0.5) is 5.82 Å². The van der Waals surface area contributed by atoms with Crippen LogP contribution in [0.25, 0.3) is 22.7 Å². The van der Waals surface area contributed by atoms with E-state index in [1.807, 2.05) is 68.7 Å². The summed E-state index contributed by atoms with van der Waals surface area (Å²) in [6.07, 6.45) is 9.51. The topological polar surface area (TPSA) is 148 Å². The molecular weight excluding hydrogens is 504 g/mol.